The van der Waals surface area contributed by atoms with Crippen molar-refractivity contribution in [1.29, 1.82) is 0 Å². The van der Waals surface area contributed by atoms with E-state index in [1.54, 1.807) is 25.6 Å². The topological polar surface area (TPSA) is 104 Å². The van der Waals surface area contributed by atoms with Crippen LogP contribution in [0.15, 0.2) is 24.3 Å². The van der Waals surface area contributed by atoms with E-state index in [4.69, 9.17) is 14.5 Å². The van der Waals surface area contributed by atoms with Gasteiger partial charge in [0.15, 0.2) is 0 Å². The summed E-state index contributed by atoms with van der Waals surface area (Å²) in [4.78, 5) is 33.9. The zero-order valence-corrected chi connectivity index (χ0v) is 21.5. The van der Waals surface area contributed by atoms with Gasteiger partial charge in [-0.05, 0) is 24.1 Å². The molecule has 0 saturated heterocycles. The van der Waals surface area contributed by atoms with Crippen LogP contribution in [0.25, 0.3) is 20.8 Å². The molecule has 1 aliphatic rings. The second-order valence-corrected chi connectivity index (χ2v) is 10.4. The van der Waals surface area contributed by atoms with E-state index in [9.17, 15) is 14.7 Å². The molecule has 188 valence electrons. The Morgan fingerprint density at radius 2 is 1.89 bits per heavy atom. The highest BCUT2D eigenvalue weighted by atomic mass is 32.1. The number of hydrogen-bond donors (Lipinski definition) is 2. The minimum atomic E-state index is -0.927. The van der Waals surface area contributed by atoms with E-state index >= 15 is 0 Å². The van der Waals surface area contributed by atoms with Gasteiger partial charge in [0.25, 0.3) is 0 Å². The minimum Gasteiger partial charge on any atom is -0.465 e. The third-order valence-corrected chi connectivity index (χ3v) is 8.15. The Labute approximate surface area is 212 Å². The number of nitrogens with zero attached hydrogens (tertiary/aromatic N) is 3. The standard InChI is InChI=1S/C24H30N4O5S2/c1-32-13-11-27(12-14-33-2)9-8-20(29)26-23-21(22-25-17-5-3-4-6-18(17)34-22)16-7-10-28(24(30)31)15-19(16)35-23/h3-6H,7-15H2,1-2H3,(H,26,29)(H,30,31). The lowest BCUT2D eigenvalue weighted by Gasteiger charge is -2.24. The number of carbonyl (C=O) groups is 2. The molecule has 0 aliphatic carbocycles. The molecule has 0 bridgehead atoms. The molecule has 0 saturated carbocycles. The molecule has 3 heterocycles. The molecule has 35 heavy (non-hydrogen) atoms. The lowest BCUT2D eigenvalue weighted by molar-refractivity contribution is -0.116. The van der Waals surface area contributed by atoms with Gasteiger partial charge in [-0.25, -0.2) is 9.78 Å². The SMILES string of the molecule is COCCN(CCOC)CCC(=O)Nc1sc2c(c1-c1nc3ccccc3s1)CCN(C(=O)O)C2. The lowest BCUT2D eigenvalue weighted by Crippen LogP contribution is -2.34. The van der Waals surface area contributed by atoms with E-state index in [0.717, 1.165) is 49.3 Å². The van der Waals surface area contributed by atoms with Crippen LogP contribution in [0.3, 0.4) is 0 Å². The van der Waals surface area contributed by atoms with Gasteiger partial charge in [-0.2, -0.15) is 0 Å². The average molecular weight is 519 g/mol. The Hall–Kier alpha value is -2.57. The first-order valence-corrected chi connectivity index (χ1v) is 13.1. The van der Waals surface area contributed by atoms with Crippen LogP contribution in [0.1, 0.15) is 16.9 Å². The van der Waals surface area contributed by atoms with Crippen molar-refractivity contribution in [3.63, 3.8) is 0 Å². The second-order valence-electron chi connectivity index (χ2n) is 8.27. The van der Waals surface area contributed by atoms with E-state index < -0.39 is 6.09 Å². The molecule has 3 aromatic rings. The number of benzene rings is 1. The van der Waals surface area contributed by atoms with E-state index in [0.29, 0.717) is 45.7 Å². The summed E-state index contributed by atoms with van der Waals surface area (Å²) < 4.78 is 11.4. The fourth-order valence-corrected chi connectivity index (χ4v) is 6.48. The fourth-order valence-electron chi connectivity index (χ4n) is 4.09. The largest absolute Gasteiger partial charge is 0.465 e. The number of thiazole rings is 1. The number of nitrogens with one attached hydrogen (secondary N) is 1. The molecule has 0 fully saturated rings. The van der Waals surface area contributed by atoms with Crippen molar-refractivity contribution in [3.05, 3.63) is 34.7 Å². The second kappa shape index (κ2) is 11.9. The molecule has 0 unspecified atom stereocenters. The Bertz CT molecular complexity index is 1140. The third kappa shape index (κ3) is 6.17. The van der Waals surface area contributed by atoms with Gasteiger partial charge in [0.05, 0.1) is 30.0 Å². The van der Waals surface area contributed by atoms with Gasteiger partial charge < -0.3 is 24.8 Å². The van der Waals surface area contributed by atoms with Crippen molar-refractivity contribution in [3.8, 4) is 10.6 Å². The van der Waals surface area contributed by atoms with E-state index in [1.807, 2.05) is 24.3 Å². The van der Waals surface area contributed by atoms with E-state index in [-0.39, 0.29) is 5.91 Å². The number of carboxylic acid groups (broad SMARTS) is 1. The van der Waals surface area contributed by atoms with Crippen molar-refractivity contribution in [2.75, 3.05) is 58.9 Å². The normalized spacial score (nSPS) is 13.4. The predicted octanol–water partition coefficient (Wildman–Crippen LogP) is 3.98. The number of para-hydroxylation sites is 1. The first-order valence-electron chi connectivity index (χ1n) is 11.5. The quantitative estimate of drug-likeness (QED) is 0.396. The maximum absolute atomic E-state index is 13.0. The highest BCUT2D eigenvalue weighted by molar-refractivity contribution is 7.22. The molecule has 2 N–H and O–H groups in total. The predicted molar refractivity (Wildman–Crippen MR) is 139 cm³/mol. The molecule has 2 aromatic heterocycles. The van der Waals surface area contributed by atoms with Crippen molar-refractivity contribution in [2.45, 2.75) is 19.4 Å². The van der Waals surface area contributed by atoms with Crippen LogP contribution < -0.4 is 5.32 Å². The molecule has 0 radical (unpaired) electrons. The molecule has 9 nitrogen and oxygen atoms in total. The number of amides is 2. The average Bonchev–Trinajstić information content (AvgIpc) is 3.43. The Kier molecular flexibility index (Phi) is 8.69. The number of hydrogen-bond acceptors (Lipinski definition) is 8. The van der Waals surface area contributed by atoms with Crippen molar-refractivity contribution < 1.29 is 24.2 Å². The summed E-state index contributed by atoms with van der Waals surface area (Å²) in [7, 11) is 3.32. The van der Waals surface area contributed by atoms with Crippen molar-refractivity contribution in [1.82, 2.24) is 14.8 Å². The fraction of sp³-hybridized carbons (Fsp3) is 0.458. The molecular weight excluding hydrogens is 488 g/mol. The van der Waals surface area contributed by atoms with Gasteiger partial charge in [-0.3, -0.25) is 9.69 Å². The van der Waals surface area contributed by atoms with Gasteiger partial charge >= 0.3 is 6.09 Å². The number of carbonyl (C=O) groups excluding carboxylic acids is 1. The number of thiophene rings is 1. The Morgan fingerprint density at radius 1 is 1.14 bits per heavy atom. The van der Waals surface area contributed by atoms with Crippen LogP contribution in [0.2, 0.25) is 0 Å². The number of fused-ring (bicyclic) bond motifs is 2. The van der Waals surface area contributed by atoms with Crippen LogP contribution in [-0.2, 0) is 27.2 Å². The van der Waals surface area contributed by atoms with Gasteiger partial charge in [0.2, 0.25) is 5.91 Å². The summed E-state index contributed by atoms with van der Waals surface area (Å²) in [6.07, 6.45) is 0.000757. The first kappa shape index (κ1) is 25.5. The van der Waals surface area contributed by atoms with Gasteiger partial charge in [0, 0.05) is 57.3 Å². The molecule has 1 aromatic carbocycles. The van der Waals surface area contributed by atoms with Crippen LogP contribution in [0, 0.1) is 0 Å². The summed E-state index contributed by atoms with van der Waals surface area (Å²) >= 11 is 3.05. The van der Waals surface area contributed by atoms with Crippen LogP contribution in [0.4, 0.5) is 9.80 Å². The zero-order chi connectivity index (χ0) is 24.8. The van der Waals surface area contributed by atoms with Crippen LogP contribution >= 0.6 is 22.7 Å². The number of methoxy groups -OCH3 is 2. The molecular formula is C24H30N4O5S2. The summed E-state index contributed by atoms with van der Waals surface area (Å²) in [5, 5.41) is 14.2. The molecule has 2 amide bonds. The number of rotatable bonds is 11. The Morgan fingerprint density at radius 3 is 2.57 bits per heavy atom. The molecule has 0 spiro atoms. The number of aromatic nitrogens is 1. The Balaban J connectivity index is 1.56. The van der Waals surface area contributed by atoms with Crippen molar-refractivity contribution in [2.24, 2.45) is 0 Å². The monoisotopic (exact) mass is 518 g/mol. The molecule has 1 aliphatic heterocycles. The van der Waals surface area contributed by atoms with E-state index in [2.05, 4.69) is 10.2 Å². The van der Waals surface area contributed by atoms with Gasteiger partial charge in [-0.1, -0.05) is 12.1 Å². The minimum absolute atomic E-state index is 0.0825. The van der Waals surface area contributed by atoms with Crippen LogP contribution in [0.5, 0.6) is 0 Å². The zero-order valence-electron chi connectivity index (χ0n) is 19.9. The maximum atomic E-state index is 13.0. The van der Waals surface area contributed by atoms with Gasteiger partial charge in [0.1, 0.15) is 10.0 Å². The summed E-state index contributed by atoms with van der Waals surface area (Å²) in [6, 6.07) is 7.96. The highest BCUT2D eigenvalue weighted by Gasteiger charge is 2.29. The number of anilines is 1. The highest BCUT2D eigenvalue weighted by Crippen LogP contribution is 2.45. The maximum Gasteiger partial charge on any atom is 0.407 e. The van der Waals surface area contributed by atoms with Gasteiger partial charge in [-0.15, -0.1) is 22.7 Å². The summed E-state index contributed by atoms with van der Waals surface area (Å²) in [5.41, 5.74) is 2.93. The first-order chi connectivity index (χ1) is 17.0. The smallest absolute Gasteiger partial charge is 0.407 e. The summed E-state index contributed by atoms with van der Waals surface area (Å²) in [6.45, 7) is 3.97. The van der Waals surface area contributed by atoms with Crippen molar-refractivity contribution >= 4 is 49.9 Å². The summed E-state index contributed by atoms with van der Waals surface area (Å²) in [5.74, 6) is -0.0825. The van der Waals surface area contributed by atoms with Crippen LogP contribution in [-0.4, -0.2) is 85.5 Å². The van der Waals surface area contributed by atoms with E-state index in [1.165, 1.54) is 16.2 Å². The molecule has 11 heteroatoms. The lowest BCUT2D eigenvalue weighted by atomic mass is 10.0. The molecule has 0 atom stereocenters. The number of ether oxygens (including phenoxy) is 2. The molecule has 4 rings (SSSR count). The third-order valence-electron chi connectivity index (χ3n) is 5.97.